The van der Waals surface area contributed by atoms with Crippen molar-refractivity contribution in [2.24, 2.45) is 0 Å². The number of hydrogen-bond acceptors (Lipinski definition) is 5. The maximum Gasteiger partial charge on any atom is 0.417 e. The molecule has 2 heterocycles. The molecular weight excluding hydrogens is 483 g/mol. The minimum Gasteiger partial charge on any atom is -0.355 e. The molecule has 1 N–H and O–H groups in total. The van der Waals surface area contributed by atoms with Gasteiger partial charge in [-0.25, -0.2) is 4.68 Å². The van der Waals surface area contributed by atoms with Crippen LogP contribution in [0.25, 0.3) is 27.9 Å². The highest BCUT2D eigenvalue weighted by molar-refractivity contribution is 6.31. The summed E-state index contributed by atoms with van der Waals surface area (Å²) in [5, 5.41) is 14.8. The normalized spacial score (nSPS) is 11.7. The van der Waals surface area contributed by atoms with Gasteiger partial charge in [0.25, 0.3) is 5.91 Å². The first-order valence-electron chi connectivity index (χ1n) is 10.3. The molecule has 0 unspecified atom stereocenters. The number of nitrogens with zero attached hydrogens (tertiary/aromatic N) is 4. The van der Waals surface area contributed by atoms with Crippen LogP contribution in [-0.4, -0.2) is 26.1 Å². The molecule has 0 radical (unpaired) electrons. The fourth-order valence-electron chi connectivity index (χ4n) is 3.65. The van der Waals surface area contributed by atoms with Gasteiger partial charge in [0.05, 0.1) is 27.4 Å². The highest BCUT2D eigenvalue weighted by Gasteiger charge is 2.33. The Morgan fingerprint density at radius 3 is 2.57 bits per heavy atom. The van der Waals surface area contributed by atoms with Gasteiger partial charge in [-0.3, -0.25) is 4.79 Å². The fourth-order valence-corrected chi connectivity index (χ4v) is 3.88. The molecule has 0 aliphatic carbocycles. The predicted octanol–water partition coefficient (Wildman–Crippen LogP) is 6.31. The number of aromatic nitrogens is 4. The highest BCUT2D eigenvalue weighted by atomic mass is 35.5. The fraction of sp³-hybridized carbons (Fsp3) is 0.0833. The van der Waals surface area contributed by atoms with Gasteiger partial charge in [0.1, 0.15) is 5.52 Å². The highest BCUT2D eigenvalue weighted by Crippen LogP contribution is 2.36. The number of benzene rings is 3. The Morgan fingerprint density at radius 1 is 1.06 bits per heavy atom. The number of anilines is 1. The van der Waals surface area contributed by atoms with E-state index in [2.05, 4.69) is 20.8 Å². The zero-order valence-electron chi connectivity index (χ0n) is 18.0. The number of fused-ring (bicyclic) bond motifs is 1. The van der Waals surface area contributed by atoms with Crippen molar-refractivity contribution in [3.05, 3.63) is 88.7 Å². The zero-order chi connectivity index (χ0) is 24.7. The summed E-state index contributed by atoms with van der Waals surface area (Å²) in [6.45, 7) is 1.63. The van der Waals surface area contributed by atoms with E-state index in [-0.39, 0.29) is 11.4 Å². The molecule has 7 nitrogen and oxygen atoms in total. The number of halogens is 4. The monoisotopic (exact) mass is 497 g/mol. The first-order chi connectivity index (χ1) is 16.7. The van der Waals surface area contributed by atoms with Crippen molar-refractivity contribution >= 4 is 34.1 Å². The van der Waals surface area contributed by atoms with Crippen LogP contribution in [0.2, 0.25) is 5.02 Å². The van der Waals surface area contributed by atoms with Crippen molar-refractivity contribution in [1.82, 2.24) is 20.2 Å². The molecule has 3 aromatic carbocycles. The van der Waals surface area contributed by atoms with Crippen LogP contribution < -0.4 is 5.32 Å². The summed E-state index contributed by atoms with van der Waals surface area (Å²) in [6, 6.07) is 17.9. The SMILES string of the molecule is Cc1c(C(=O)Nc2ccc(Cl)c(C(F)(F)F)c2)nnn1-c1ccc2noc(-c3ccccc3)c2c1. The molecule has 176 valence electrons. The second-order valence-corrected chi connectivity index (χ2v) is 8.07. The molecule has 1 amide bonds. The molecule has 5 rings (SSSR count). The average molecular weight is 498 g/mol. The predicted molar refractivity (Wildman–Crippen MR) is 124 cm³/mol. The minimum absolute atomic E-state index is 0.0396. The van der Waals surface area contributed by atoms with Crippen molar-refractivity contribution in [2.45, 2.75) is 13.1 Å². The molecule has 0 aliphatic rings. The van der Waals surface area contributed by atoms with E-state index in [0.29, 0.717) is 22.7 Å². The molecule has 35 heavy (non-hydrogen) atoms. The number of carbonyl (C=O) groups is 1. The van der Waals surface area contributed by atoms with Crippen LogP contribution in [0.5, 0.6) is 0 Å². The largest absolute Gasteiger partial charge is 0.417 e. The summed E-state index contributed by atoms with van der Waals surface area (Å²) >= 11 is 5.64. The van der Waals surface area contributed by atoms with Crippen LogP contribution in [0.4, 0.5) is 18.9 Å². The van der Waals surface area contributed by atoms with Gasteiger partial charge in [0.2, 0.25) is 0 Å². The number of hydrogen-bond donors (Lipinski definition) is 1. The van der Waals surface area contributed by atoms with E-state index in [1.165, 1.54) is 10.7 Å². The quantitative estimate of drug-likeness (QED) is 0.314. The lowest BCUT2D eigenvalue weighted by atomic mass is 10.1. The van der Waals surface area contributed by atoms with E-state index in [1.807, 2.05) is 36.4 Å². The maximum atomic E-state index is 13.1. The maximum absolute atomic E-state index is 13.1. The lowest BCUT2D eigenvalue weighted by molar-refractivity contribution is -0.137. The Hall–Kier alpha value is -4.18. The van der Waals surface area contributed by atoms with E-state index in [4.69, 9.17) is 16.1 Å². The molecule has 0 atom stereocenters. The third-order valence-corrected chi connectivity index (χ3v) is 5.71. The Bertz CT molecular complexity index is 1560. The summed E-state index contributed by atoms with van der Waals surface area (Å²) in [6.07, 6.45) is -4.66. The van der Waals surface area contributed by atoms with E-state index in [1.54, 1.807) is 19.1 Å². The molecule has 0 spiro atoms. The van der Waals surface area contributed by atoms with Gasteiger partial charge in [-0.1, -0.05) is 52.3 Å². The summed E-state index contributed by atoms with van der Waals surface area (Å²) in [5.41, 5.74) is 1.34. The molecule has 0 fully saturated rings. The third kappa shape index (κ3) is 4.24. The van der Waals surface area contributed by atoms with Crippen molar-refractivity contribution in [3.8, 4) is 17.0 Å². The second kappa shape index (κ2) is 8.55. The number of amides is 1. The van der Waals surface area contributed by atoms with E-state index in [9.17, 15) is 18.0 Å². The van der Waals surface area contributed by atoms with Crippen LogP contribution in [0.1, 0.15) is 21.7 Å². The average Bonchev–Trinajstić information content (AvgIpc) is 3.43. The first kappa shape index (κ1) is 22.6. The summed E-state index contributed by atoms with van der Waals surface area (Å²) < 4.78 is 46.4. The van der Waals surface area contributed by atoms with Gasteiger partial charge in [0.15, 0.2) is 11.5 Å². The van der Waals surface area contributed by atoms with Crippen LogP contribution in [0.3, 0.4) is 0 Å². The Labute approximate surface area is 201 Å². The van der Waals surface area contributed by atoms with Gasteiger partial charge in [-0.2, -0.15) is 13.2 Å². The van der Waals surface area contributed by atoms with Gasteiger partial charge >= 0.3 is 6.18 Å². The van der Waals surface area contributed by atoms with Crippen LogP contribution in [-0.2, 0) is 6.18 Å². The molecule has 0 saturated carbocycles. The van der Waals surface area contributed by atoms with Gasteiger partial charge in [-0.05, 0) is 43.3 Å². The first-order valence-corrected chi connectivity index (χ1v) is 10.7. The van der Waals surface area contributed by atoms with Gasteiger partial charge < -0.3 is 9.84 Å². The number of carbonyl (C=O) groups excluding carboxylic acids is 1. The minimum atomic E-state index is -4.66. The number of rotatable bonds is 4. The van der Waals surface area contributed by atoms with E-state index < -0.39 is 22.7 Å². The summed E-state index contributed by atoms with van der Waals surface area (Å²) in [7, 11) is 0. The standard InChI is InChI=1S/C24H15ClF3N5O2/c1-13-21(23(34)29-15-7-9-19(25)18(11-15)24(26,27)28)30-32-33(13)16-8-10-20-17(12-16)22(35-31-20)14-5-3-2-4-6-14/h2-12H,1H3,(H,29,34). The van der Waals surface area contributed by atoms with Crippen LogP contribution in [0.15, 0.2) is 71.3 Å². The van der Waals surface area contributed by atoms with Crippen molar-refractivity contribution in [2.75, 3.05) is 5.32 Å². The molecule has 0 bridgehead atoms. The van der Waals surface area contributed by atoms with E-state index >= 15 is 0 Å². The lowest BCUT2D eigenvalue weighted by Crippen LogP contribution is -2.15. The van der Waals surface area contributed by atoms with E-state index in [0.717, 1.165) is 23.1 Å². The van der Waals surface area contributed by atoms with Gasteiger partial charge in [0, 0.05) is 11.3 Å². The Kier molecular flexibility index (Phi) is 5.52. The Morgan fingerprint density at radius 2 is 1.83 bits per heavy atom. The summed E-state index contributed by atoms with van der Waals surface area (Å²) in [5.74, 6) is -0.124. The molecular formula is C24H15ClF3N5O2. The zero-order valence-corrected chi connectivity index (χ0v) is 18.7. The molecule has 5 aromatic rings. The smallest absolute Gasteiger partial charge is 0.355 e. The molecule has 0 saturated heterocycles. The number of alkyl halides is 3. The summed E-state index contributed by atoms with van der Waals surface area (Å²) in [4.78, 5) is 12.8. The van der Waals surface area contributed by atoms with Gasteiger partial charge in [-0.15, -0.1) is 5.10 Å². The number of nitrogens with one attached hydrogen (secondary N) is 1. The third-order valence-electron chi connectivity index (χ3n) is 5.38. The topological polar surface area (TPSA) is 85.8 Å². The Balaban J connectivity index is 1.46. The molecule has 0 aliphatic heterocycles. The molecule has 2 aromatic heterocycles. The second-order valence-electron chi connectivity index (χ2n) is 7.66. The van der Waals surface area contributed by atoms with Crippen LogP contribution in [0, 0.1) is 6.92 Å². The van der Waals surface area contributed by atoms with Crippen molar-refractivity contribution in [3.63, 3.8) is 0 Å². The van der Waals surface area contributed by atoms with Crippen molar-refractivity contribution in [1.29, 1.82) is 0 Å². The lowest BCUT2D eigenvalue weighted by Gasteiger charge is -2.11. The van der Waals surface area contributed by atoms with Crippen LogP contribution >= 0.6 is 11.6 Å². The van der Waals surface area contributed by atoms with Crippen molar-refractivity contribution < 1.29 is 22.5 Å². The molecule has 11 heteroatoms.